The van der Waals surface area contributed by atoms with Crippen molar-refractivity contribution < 1.29 is 14.3 Å². The molecule has 0 bridgehead atoms. The van der Waals surface area contributed by atoms with Gasteiger partial charge in [-0.25, -0.2) is 0 Å². The molecule has 0 heterocycles. The minimum absolute atomic E-state index is 0.183. The summed E-state index contributed by atoms with van der Waals surface area (Å²) in [6, 6.07) is 22.2. The highest BCUT2D eigenvalue weighted by Gasteiger charge is 2.10. The third-order valence-electron chi connectivity index (χ3n) is 4.04. The minimum atomic E-state index is -0.183. The Hall–Kier alpha value is -2.79. The zero-order chi connectivity index (χ0) is 19.8. The summed E-state index contributed by atoms with van der Waals surface area (Å²) >= 11 is 3.47. The van der Waals surface area contributed by atoms with E-state index in [4.69, 9.17) is 9.47 Å². The van der Waals surface area contributed by atoms with Crippen LogP contribution in [-0.2, 0) is 0 Å². The summed E-state index contributed by atoms with van der Waals surface area (Å²) in [5, 5.41) is 2.89. The molecule has 0 atom stereocenters. The van der Waals surface area contributed by atoms with E-state index >= 15 is 0 Å². The molecule has 0 spiro atoms. The molecule has 0 aliphatic carbocycles. The number of amides is 1. The molecule has 3 rings (SSSR count). The number of hydrogen-bond donors (Lipinski definition) is 1. The van der Waals surface area contributed by atoms with Crippen molar-refractivity contribution in [3.63, 3.8) is 0 Å². The van der Waals surface area contributed by atoms with Gasteiger partial charge in [0, 0.05) is 11.3 Å². The number of anilines is 1. The second-order valence-electron chi connectivity index (χ2n) is 6.24. The van der Waals surface area contributed by atoms with Crippen LogP contribution >= 0.6 is 15.9 Å². The lowest BCUT2D eigenvalue weighted by molar-refractivity contribution is 0.102. The maximum absolute atomic E-state index is 12.5. The summed E-state index contributed by atoms with van der Waals surface area (Å²) in [7, 11) is 0. The summed E-state index contributed by atoms with van der Waals surface area (Å²) in [6.07, 6.45) is 2.08. The van der Waals surface area contributed by atoms with Gasteiger partial charge in [-0.05, 0) is 76.9 Å². The molecule has 1 amide bonds. The number of hydrogen-bond acceptors (Lipinski definition) is 3. The molecule has 5 heteroatoms. The van der Waals surface area contributed by atoms with Crippen LogP contribution in [0.1, 0.15) is 30.1 Å². The van der Waals surface area contributed by atoms with E-state index in [1.165, 1.54) is 0 Å². The first kappa shape index (κ1) is 20.0. The monoisotopic (exact) mass is 439 g/mol. The molecule has 3 aromatic carbocycles. The number of carbonyl (C=O) groups excluding carboxylic acids is 1. The zero-order valence-electron chi connectivity index (χ0n) is 15.7. The minimum Gasteiger partial charge on any atom is -0.492 e. The third kappa shape index (κ3) is 5.60. The van der Waals surface area contributed by atoms with E-state index in [0.717, 1.165) is 28.8 Å². The van der Waals surface area contributed by atoms with E-state index < -0.39 is 0 Å². The van der Waals surface area contributed by atoms with Gasteiger partial charge in [-0.2, -0.15) is 0 Å². The van der Waals surface area contributed by atoms with Crippen LogP contribution in [0.5, 0.6) is 17.2 Å². The van der Waals surface area contributed by atoms with Gasteiger partial charge in [0.15, 0.2) is 0 Å². The van der Waals surface area contributed by atoms with Crippen molar-refractivity contribution in [2.24, 2.45) is 0 Å². The van der Waals surface area contributed by atoms with Gasteiger partial charge in [0.1, 0.15) is 17.2 Å². The fourth-order valence-electron chi connectivity index (χ4n) is 2.52. The van der Waals surface area contributed by atoms with Crippen LogP contribution in [-0.4, -0.2) is 12.5 Å². The maximum Gasteiger partial charge on any atom is 0.255 e. The number of carbonyl (C=O) groups is 1. The molecule has 4 nitrogen and oxygen atoms in total. The van der Waals surface area contributed by atoms with E-state index in [1.807, 2.05) is 60.7 Å². The van der Waals surface area contributed by atoms with Crippen molar-refractivity contribution >= 4 is 27.5 Å². The second-order valence-corrected chi connectivity index (χ2v) is 7.10. The maximum atomic E-state index is 12.5. The smallest absolute Gasteiger partial charge is 0.255 e. The second kappa shape index (κ2) is 9.95. The Morgan fingerprint density at radius 3 is 2.36 bits per heavy atom. The van der Waals surface area contributed by atoms with Gasteiger partial charge in [-0.15, -0.1) is 0 Å². The first-order chi connectivity index (χ1) is 13.7. The van der Waals surface area contributed by atoms with Crippen molar-refractivity contribution in [3.8, 4) is 17.2 Å². The quantitative estimate of drug-likeness (QED) is 0.398. The van der Waals surface area contributed by atoms with Crippen LogP contribution in [0.15, 0.2) is 77.3 Å². The SMILES string of the molecule is CCCCOc1ccc(C(=O)Nc2ccc(Oc3ccccc3)cc2)cc1Br. The molecule has 1 N–H and O–H groups in total. The van der Waals surface area contributed by atoms with Gasteiger partial charge < -0.3 is 14.8 Å². The molecule has 0 unspecified atom stereocenters. The lowest BCUT2D eigenvalue weighted by Crippen LogP contribution is -2.12. The number of benzene rings is 3. The largest absolute Gasteiger partial charge is 0.492 e. The normalized spacial score (nSPS) is 10.4. The Kier molecular flexibility index (Phi) is 7.09. The van der Waals surface area contributed by atoms with E-state index in [1.54, 1.807) is 12.1 Å². The highest BCUT2D eigenvalue weighted by Crippen LogP contribution is 2.27. The molecule has 0 aliphatic rings. The average molecular weight is 440 g/mol. The molecule has 0 aromatic heterocycles. The Balaban J connectivity index is 1.60. The van der Waals surface area contributed by atoms with Gasteiger partial charge in [0.2, 0.25) is 0 Å². The predicted molar refractivity (Wildman–Crippen MR) is 115 cm³/mol. The standard InChI is InChI=1S/C23H22BrNO3/c1-2-3-15-27-22-14-9-17(16-21(22)24)23(26)25-18-10-12-20(13-11-18)28-19-7-5-4-6-8-19/h4-14,16H,2-3,15H2,1H3,(H,25,26). The number of rotatable bonds is 8. The van der Waals surface area contributed by atoms with Crippen molar-refractivity contribution in [3.05, 3.63) is 82.8 Å². The van der Waals surface area contributed by atoms with Gasteiger partial charge in [-0.1, -0.05) is 31.5 Å². The Bertz CT molecular complexity index is 911. The van der Waals surface area contributed by atoms with Crippen molar-refractivity contribution in [2.45, 2.75) is 19.8 Å². The fourth-order valence-corrected chi connectivity index (χ4v) is 3.01. The number of ether oxygens (including phenoxy) is 2. The van der Waals surface area contributed by atoms with Crippen LogP contribution in [0.3, 0.4) is 0 Å². The first-order valence-electron chi connectivity index (χ1n) is 9.22. The summed E-state index contributed by atoms with van der Waals surface area (Å²) in [5.41, 5.74) is 1.25. The Labute approximate surface area is 173 Å². The summed E-state index contributed by atoms with van der Waals surface area (Å²) < 4.78 is 12.2. The van der Waals surface area contributed by atoms with Crippen molar-refractivity contribution in [1.82, 2.24) is 0 Å². The number of unbranched alkanes of at least 4 members (excludes halogenated alkanes) is 1. The lowest BCUT2D eigenvalue weighted by atomic mass is 10.2. The zero-order valence-corrected chi connectivity index (χ0v) is 17.2. The van der Waals surface area contributed by atoms with Gasteiger partial charge in [0.25, 0.3) is 5.91 Å². The van der Waals surface area contributed by atoms with Crippen LogP contribution in [0, 0.1) is 0 Å². The summed E-state index contributed by atoms with van der Waals surface area (Å²) in [5.74, 6) is 2.04. The summed E-state index contributed by atoms with van der Waals surface area (Å²) in [4.78, 5) is 12.5. The number of para-hydroxylation sites is 1. The van der Waals surface area contributed by atoms with Crippen LogP contribution in [0.2, 0.25) is 0 Å². The molecule has 0 aliphatic heterocycles. The van der Waals surface area contributed by atoms with Crippen LogP contribution < -0.4 is 14.8 Å². The Morgan fingerprint density at radius 1 is 0.964 bits per heavy atom. The summed E-state index contributed by atoms with van der Waals surface area (Å²) in [6.45, 7) is 2.78. The highest BCUT2D eigenvalue weighted by atomic mass is 79.9. The van der Waals surface area contributed by atoms with Crippen LogP contribution in [0.4, 0.5) is 5.69 Å². The van der Waals surface area contributed by atoms with E-state index in [0.29, 0.717) is 23.6 Å². The van der Waals surface area contributed by atoms with Gasteiger partial charge >= 0.3 is 0 Å². The molecule has 144 valence electrons. The molecule has 28 heavy (non-hydrogen) atoms. The molecular weight excluding hydrogens is 418 g/mol. The lowest BCUT2D eigenvalue weighted by Gasteiger charge is -2.10. The first-order valence-corrected chi connectivity index (χ1v) is 10.0. The van der Waals surface area contributed by atoms with Gasteiger partial charge in [0.05, 0.1) is 11.1 Å². The molecule has 0 saturated heterocycles. The van der Waals surface area contributed by atoms with Crippen molar-refractivity contribution in [2.75, 3.05) is 11.9 Å². The number of halogens is 1. The Morgan fingerprint density at radius 2 is 1.68 bits per heavy atom. The van der Waals surface area contributed by atoms with E-state index in [-0.39, 0.29) is 5.91 Å². The molecule has 3 aromatic rings. The van der Waals surface area contributed by atoms with Crippen LogP contribution in [0.25, 0.3) is 0 Å². The molecule has 0 fully saturated rings. The molecule has 0 radical (unpaired) electrons. The predicted octanol–water partition coefficient (Wildman–Crippen LogP) is 6.67. The van der Waals surface area contributed by atoms with Crippen molar-refractivity contribution in [1.29, 1.82) is 0 Å². The fraction of sp³-hybridized carbons (Fsp3) is 0.174. The topological polar surface area (TPSA) is 47.6 Å². The molecule has 0 saturated carbocycles. The van der Waals surface area contributed by atoms with E-state index in [9.17, 15) is 4.79 Å². The highest BCUT2D eigenvalue weighted by molar-refractivity contribution is 9.10. The van der Waals surface area contributed by atoms with Gasteiger partial charge in [-0.3, -0.25) is 4.79 Å². The average Bonchev–Trinajstić information content (AvgIpc) is 2.71. The number of nitrogens with one attached hydrogen (secondary N) is 1. The molecular formula is C23H22BrNO3. The van der Waals surface area contributed by atoms with E-state index in [2.05, 4.69) is 28.2 Å². The third-order valence-corrected chi connectivity index (χ3v) is 4.66.